The van der Waals surface area contributed by atoms with Crippen LogP contribution in [0.2, 0.25) is 5.02 Å². The number of phenols is 1. The smallest absolute Gasteiger partial charge is 0.420 e. The molecule has 0 amide bonds. The molecule has 0 aliphatic carbocycles. The van der Waals surface area contributed by atoms with E-state index in [0.29, 0.717) is 27.8 Å². The van der Waals surface area contributed by atoms with Crippen molar-refractivity contribution in [3.8, 4) is 17.3 Å². The first-order valence-electron chi connectivity index (χ1n) is 7.92. The van der Waals surface area contributed by atoms with Crippen LogP contribution in [0.15, 0.2) is 40.8 Å². The van der Waals surface area contributed by atoms with Gasteiger partial charge in [-0.15, -0.1) is 5.10 Å². The lowest BCUT2D eigenvalue weighted by molar-refractivity contribution is -0.138. The molecular formula is C17H11ClF3N5O2. The summed E-state index contributed by atoms with van der Waals surface area (Å²) in [6.07, 6.45) is -4.65. The van der Waals surface area contributed by atoms with Gasteiger partial charge in [-0.05, 0) is 40.3 Å². The molecule has 0 aliphatic heterocycles. The molecule has 2 heterocycles. The third-order valence-corrected chi connectivity index (χ3v) is 4.48. The number of anilines is 1. The van der Waals surface area contributed by atoms with E-state index in [9.17, 15) is 18.3 Å². The zero-order valence-corrected chi connectivity index (χ0v) is 14.6. The summed E-state index contributed by atoms with van der Waals surface area (Å²) in [6.45, 7) is 0.150. The molecular weight excluding hydrogens is 399 g/mol. The largest absolute Gasteiger partial charge is 0.507 e. The number of rotatable bonds is 4. The summed E-state index contributed by atoms with van der Waals surface area (Å²) in [5.74, 6) is -0.0846. The van der Waals surface area contributed by atoms with Gasteiger partial charge in [0.2, 0.25) is 5.82 Å². The topological polar surface area (TPSA) is 99.9 Å². The molecule has 11 heteroatoms. The Morgan fingerprint density at radius 2 is 2.00 bits per heavy atom. The Kier molecular flexibility index (Phi) is 4.34. The number of nitrogens with one attached hydrogen (secondary N) is 2. The lowest BCUT2D eigenvalue weighted by Gasteiger charge is -2.13. The number of tetrazole rings is 1. The number of aromatic amines is 1. The van der Waals surface area contributed by atoms with Gasteiger partial charge in [0.25, 0.3) is 0 Å². The average molecular weight is 410 g/mol. The van der Waals surface area contributed by atoms with Crippen LogP contribution >= 0.6 is 11.6 Å². The van der Waals surface area contributed by atoms with Crippen molar-refractivity contribution in [1.29, 1.82) is 0 Å². The maximum Gasteiger partial charge on any atom is 0.420 e. The number of furan rings is 1. The number of hydrogen-bond donors (Lipinski definition) is 3. The van der Waals surface area contributed by atoms with Gasteiger partial charge in [0.05, 0.1) is 10.6 Å². The van der Waals surface area contributed by atoms with Gasteiger partial charge in [0.1, 0.15) is 5.75 Å². The van der Waals surface area contributed by atoms with E-state index in [4.69, 9.17) is 16.0 Å². The average Bonchev–Trinajstić information content (AvgIpc) is 3.31. The molecule has 0 spiro atoms. The fraction of sp³-hybridized carbons (Fsp3) is 0.118. The van der Waals surface area contributed by atoms with Gasteiger partial charge in [-0.3, -0.25) is 0 Å². The molecule has 4 aromatic rings. The van der Waals surface area contributed by atoms with Crippen LogP contribution in [0.5, 0.6) is 5.75 Å². The third kappa shape index (κ3) is 3.33. The summed E-state index contributed by atoms with van der Waals surface area (Å²) >= 11 is 6.40. The normalized spacial score (nSPS) is 11.9. The molecule has 0 atom stereocenters. The summed E-state index contributed by atoms with van der Waals surface area (Å²) in [6, 6.07) is 8.40. The van der Waals surface area contributed by atoms with Crippen LogP contribution in [-0.2, 0) is 12.7 Å². The molecule has 3 N–H and O–H groups in total. The highest BCUT2D eigenvalue weighted by Gasteiger charge is 2.34. The number of aromatic nitrogens is 4. The molecule has 2 aromatic heterocycles. The number of fused-ring (bicyclic) bond motifs is 1. The first kappa shape index (κ1) is 18.1. The van der Waals surface area contributed by atoms with Crippen LogP contribution in [0, 0.1) is 0 Å². The molecule has 0 aliphatic rings. The second-order valence-corrected chi connectivity index (χ2v) is 6.28. The van der Waals surface area contributed by atoms with E-state index < -0.39 is 17.5 Å². The molecule has 0 bridgehead atoms. The molecule has 4 rings (SSSR count). The maximum atomic E-state index is 12.9. The Morgan fingerprint density at radius 1 is 1.18 bits per heavy atom. The predicted molar refractivity (Wildman–Crippen MR) is 94.8 cm³/mol. The minimum absolute atomic E-state index is 0.150. The molecule has 144 valence electrons. The summed E-state index contributed by atoms with van der Waals surface area (Å²) < 4.78 is 44.4. The van der Waals surface area contributed by atoms with Gasteiger partial charge in [-0.2, -0.15) is 13.2 Å². The summed E-state index contributed by atoms with van der Waals surface area (Å²) in [7, 11) is 0. The van der Waals surface area contributed by atoms with Gasteiger partial charge in [0, 0.05) is 17.6 Å². The fourth-order valence-electron chi connectivity index (χ4n) is 2.70. The van der Waals surface area contributed by atoms with E-state index in [1.165, 1.54) is 6.07 Å². The maximum absolute atomic E-state index is 12.9. The number of hydrogen-bond acceptors (Lipinski definition) is 6. The SMILES string of the molecule is Oc1ccc(NCc2ccc3cc(-c4nnn[nH]4)oc3c2Cl)cc1C(F)(F)F. The lowest BCUT2D eigenvalue weighted by Crippen LogP contribution is -2.07. The monoisotopic (exact) mass is 409 g/mol. The summed E-state index contributed by atoms with van der Waals surface area (Å²) in [5.41, 5.74) is 0.103. The highest BCUT2D eigenvalue weighted by atomic mass is 35.5. The highest BCUT2D eigenvalue weighted by molar-refractivity contribution is 6.35. The van der Waals surface area contributed by atoms with Gasteiger partial charge in [-0.25, -0.2) is 5.10 Å². The van der Waals surface area contributed by atoms with E-state index in [1.54, 1.807) is 18.2 Å². The number of halogens is 4. The van der Waals surface area contributed by atoms with E-state index in [1.807, 2.05) is 0 Å². The Bertz CT molecular complexity index is 1140. The summed E-state index contributed by atoms with van der Waals surface area (Å²) in [4.78, 5) is 0. The summed E-state index contributed by atoms with van der Waals surface area (Å²) in [5, 5.41) is 26.6. The van der Waals surface area contributed by atoms with Crippen LogP contribution in [0.3, 0.4) is 0 Å². The Balaban J connectivity index is 1.60. The van der Waals surface area contributed by atoms with E-state index in [0.717, 1.165) is 17.5 Å². The van der Waals surface area contributed by atoms with Crippen LogP contribution in [-0.4, -0.2) is 25.7 Å². The number of alkyl halides is 3. The quantitative estimate of drug-likeness (QED) is 0.426. The molecule has 0 unspecified atom stereocenters. The molecule has 28 heavy (non-hydrogen) atoms. The van der Waals surface area contributed by atoms with Crippen molar-refractivity contribution in [2.75, 3.05) is 5.32 Å². The van der Waals surface area contributed by atoms with Crippen LogP contribution < -0.4 is 5.32 Å². The van der Waals surface area contributed by atoms with Gasteiger partial charge >= 0.3 is 6.18 Å². The van der Waals surface area contributed by atoms with E-state index >= 15 is 0 Å². The number of nitrogens with zero attached hydrogens (tertiary/aromatic N) is 3. The first-order valence-corrected chi connectivity index (χ1v) is 8.30. The molecule has 0 fully saturated rings. The minimum Gasteiger partial charge on any atom is -0.507 e. The molecule has 7 nitrogen and oxygen atoms in total. The number of phenolic OH excluding ortho intramolecular Hbond substituents is 1. The zero-order chi connectivity index (χ0) is 19.9. The number of H-pyrrole nitrogens is 1. The highest BCUT2D eigenvalue weighted by Crippen LogP contribution is 2.37. The second-order valence-electron chi connectivity index (χ2n) is 5.90. The van der Waals surface area contributed by atoms with Crippen molar-refractivity contribution < 1.29 is 22.7 Å². The minimum atomic E-state index is -4.65. The molecule has 2 aromatic carbocycles. The van der Waals surface area contributed by atoms with Crippen molar-refractivity contribution in [2.45, 2.75) is 12.7 Å². The zero-order valence-electron chi connectivity index (χ0n) is 13.9. The molecule has 0 saturated carbocycles. The van der Waals surface area contributed by atoms with Crippen molar-refractivity contribution in [3.63, 3.8) is 0 Å². The van der Waals surface area contributed by atoms with Gasteiger partial charge in [-0.1, -0.05) is 23.7 Å². The van der Waals surface area contributed by atoms with Crippen molar-refractivity contribution >= 4 is 28.3 Å². The van der Waals surface area contributed by atoms with Crippen LogP contribution in [0.1, 0.15) is 11.1 Å². The van der Waals surface area contributed by atoms with Gasteiger partial charge < -0.3 is 14.8 Å². The van der Waals surface area contributed by atoms with Crippen molar-refractivity contribution in [2.24, 2.45) is 0 Å². The number of aromatic hydroxyl groups is 1. The first-order chi connectivity index (χ1) is 13.3. The molecule has 0 saturated heterocycles. The lowest BCUT2D eigenvalue weighted by atomic mass is 10.1. The predicted octanol–water partition coefficient (Wildman–Crippen LogP) is 4.60. The van der Waals surface area contributed by atoms with Gasteiger partial charge in [0.15, 0.2) is 11.3 Å². The Morgan fingerprint density at radius 3 is 2.71 bits per heavy atom. The van der Waals surface area contributed by atoms with Crippen LogP contribution in [0.4, 0.5) is 18.9 Å². The Hall–Kier alpha value is -3.27. The van der Waals surface area contributed by atoms with Crippen LogP contribution in [0.25, 0.3) is 22.6 Å². The van der Waals surface area contributed by atoms with E-state index in [2.05, 4.69) is 25.9 Å². The van der Waals surface area contributed by atoms with Crippen molar-refractivity contribution in [1.82, 2.24) is 20.6 Å². The van der Waals surface area contributed by atoms with Crippen molar-refractivity contribution in [3.05, 3.63) is 52.5 Å². The fourth-order valence-corrected chi connectivity index (χ4v) is 2.97. The Labute approximate surface area is 160 Å². The molecule has 0 radical (unpaired) electrons. The standard InChI is InChI=1S/C17H11ClF3N5O2/c18-14-9(7-22-10-3-4-12(27)11(6-10)17(19,20)21)2-1-8-5-13(28-15(8)14)16-23-25-26-24-16/h1-6,22,27H,7H2,(H,23,24,25,26). The third-order valence-electron chi connectivity index (χ3n) is 4.07. The second kappa shape index (κ2) is 6.71. The van der Waals surface area contributed by atoms with E-state index in [-0.39, 0.29) is 12.2 Å². The number of benzene rings is 2.